The molecule has 0 saturated heterocycles. The fourth-order valence-electron chi connectivity index (χ4n) is 1.41. The number of hydrogen-bond acceptors (Lipinski definition) is 2. The van der Waals surface area contributed by atoms with Crippen molar-refractivity contribution < 1.29 is 5.11 Å². The molecule has 0 aliphatic rings. The molecule has 1 N–H and O–H groups in total. The lowest BCUT2D eigenvalue weighted by Crippen LogP contribution is -2.23. The second-order valence-corrected chi connectivity index (χ2v) is 3.62. The summed E-state index contributed by atoms with van der Waals surface area (Å²) in [6.07, 6.45) is 5.20. The van der Waals surface area contributed by atoms with E-state index in [9.17, 15) is 5.11 Å². The SMILES string of the molecule is CCCC[C@H](N=[N+]=[N-])[C@@H](O)CCCC. The van der Waals surface area contributed by atoms with E-state index >= 15 is 0 Å². The van der Waals surface area contributed by atoms with Crippen molar-refractivity contribution in [1.29, 1.82) is 0 Å². The fourth-order valence-corrected chi connectivity index (χ4v) is 1.41. The zero-order chi connectivity index (χ0) is 10.8. The van der Waals surface area contributed by atoms with Gasteiger partial charge < -0.3 is 5.11 Å². The van der Waals surface area contributed by atoms with E-state index in [1.807, 2.05) is 0 Å². The summed E-state index contributed by atoms with van der Waals surface area (Å²) in [6, 6.07) is -0.230. The largest absolute Gasteiger partial charge is 0.393 e. The van der Waals surface area contributed by atoms with Crippen LogP contribution >= 0.6 is 0 Å². The predicted octanol–water partition coefficient (Wildman–Crippen LogP) is 3.41. The van der Waals surface area contributed by atoms with Crippen LogP contribution in [-0.2, 0) is 0 Å². The zero-order valence-electron chi connectivity index (χ0n) is 9.19. The molecule has 0 bridgehead atoms. The van der Waals surface area contributed by atoms with E-state index in [1.165, 1.54) is 0 Å². The molecule has 0 spiro atoms. The van der Waals surface area contributed by atoms with Crippen LogP contribution in [0.25, 0.3) is 10.4 Å². The number of hydrogen-bond donors (Lipinski definition) is 1. The number of aliphatic hydroxyl groups excluding tert-OH is 1. The molecule has 0 aromatic carbocycles. The molecule has 0 rings (SSSR count). The van der Waals surface area contributed by atoms with Crippen molar-refractivity contribution in [3.8, 4) is 0 Å². The van der Waals surface area contributed by atoms with Crippen LogP contribution in [0.15, 0.2) is 5.11 Å². The summed E-state index contributed by atoms with van der Waals surface area (Å²) in [5.41, 5.74) is 8.36. The molecule has 0 amide bonds. The van der Waals surface area contributed by atoms with Gasteiger partial charge in [-0.1, -0.05) is 44.6 Å². The summed E-state index contributed by atoms with van der Waals surface area (Å²) >= 11 is 0. The average Bonchev–Trinajstić information content (AvgIpc) is 2.20. The number of nitrogens with zero attached hydrogens (tertiary/aromatic N) is 3. The molecule has 14 heavy (non-hydrogen) atoms. The third-order valence-corrected chi connectivity index (χ3v) is 2.35. The first-order valence-corrected chi connectivity index (χ1v) is 5.48. The lowest BCUT2D eigenvalue weighted by molar-refractivity contribution is 0.127. The van der Waals surface area contributed by atoms with E-state index in [0.717, 1.165) is 38.5 Å². The third-order valence-electron chi connectivity index (χ3n) is 2.35. The van der Waals surface area contributed by atoms with Crippen LogP contribution in [0.1, 0.15) is 52.4 Å². The maximum Gasteiger partial charge on any atom is 0.0633 e. The Morgan fingerprint density at radius 2 is 1.79 bits per heavy atom. The van der Waals surface area contributed by atoms with Gasteiger partial charge in [0, 0.05) is 4.91 Å². The number of unbranched alkanes of at least 4 members (excludes halogenated alkanes) is 2. The molecular weight excluding hydrogens is 178 g/mol. The highest BCUT2D eigenvalue weighted by molar-refractivity contribution is 4.75. The van der Waals surface area contributed by atoms with E-state index in [0.29, 0.717) is 0 Å². The molecule has 4 heteroatoms. The summed E-state index contributed by atoms with van der Waals surface area (Å²) in [6.45, 7) is 4.17. The summed E-state index contributed by atoms with van der Waals surface area (Å²) < 4.78 is 0. The Morgan fingerprint density at radius 3 is 2.29 bits per heavy atom. The van der Waals surface area contributed by atoms with Gasteiger partial charge in [-0.2, -0.15) is 0 Å². The van der Waals surface area contributed by atoms with Crippen LogP contribution in [0.2, 0.25) is 0 Å². The Kier molecular flexibility index (Phi) is 8.39. The average molecular weight is 199 g/mol. The summed E-state index contributed by atoms with van der Waals surface area (Å²) in [5.74, 6) is 0. The molecule has 2 atom stereocenters. The van der Waals surface area contributed by atoms with E-state index in [2.05, 4.69) is 23.9 Å². The van der Waals surface area contributed by atoms with Crippen LogP contribution in [-0.4, -0.2) is 17.3 Å². The standard InChI is InChI=1S/C10H21N3O/c1-3-5-7-9(12-13-11)10(14)8-6-4-2/h9-10,14H,3-8H2,1-2H3/t9-,10-/m0/s1. The maximum atomic E-state index is 9.73. The zero-order valence-corrected chi connectivity index (χ0v) is 9.19. The quantitative estimate of drug-likeness (QED) is 0.363. The van der Waals surface area contributed by atoms with Crippen LogP contribution in [0.5, 0.6) is 0 Å². The number of rotatable bonds is 8. The van der Waals surface area contributed by atoms with E-state index < -0.39 is 6.10 Å². The lowest BCUT2D eigenvalue weighted by atomic mass is 10.0. The molecule has 0 unspecified atom stereocenters. The minimum Gasteiger partial charge on any atom is -0.393 e. The first-order chi connectivity index (χ1) is 6.76. The lowest BCUT2D eigenvalue weighted by Gasteiger charge is -2.17. The van der Waals surface area contributed by atoms with Crippen molar-refractivity contribution in [2.45, 2.75) is 64.5 Å². The topological polar surface area (TPSA) is 69.0 Å². The number of aliphatic hydroxyl groups is 1. The smallest absolute Gasteiger partial charge is 0.0633 e. The molecule has 0 aromatic rings. The van der Waals surface area contributed by atoms with E-state index in [-0.39, 0.29) is 6.04 Å². The maximum absolute atomic E-state index is 9.73. The normalized spacial score (nSPS) is 14.5. The highest BCUT2D eigenvalue weighted by Crippen LogP contribution is 2.14. The van der Waals surface area contributed by atoms with Gasteiger partial charge in [0.05, 0.1) is 12.1 Å². The van der Waals surface area contributed by atoms with E-state index in [4.69, 9.17) is 5.53 Å². The summed E-state index contributed by atoms with van der Waals surface area (Å²) in [5, 5.41) is 13.4. The van der Waals surface area contributed by atoms with Gasteiger partial charge >= 0.3 is 0 Å². The first kappa shape index (κ1) is 13.3. The monoisotopic (exact) mass is 199 g/mol. The van der Waals surface area contributed by atoms with Crippen LogP contribution < -0.4 is 0 Å². The molecule has 0 aliphatic carbocycles. The summed E-state index contributed by atoms with van der Waals surface area (Å²) in [7, 11) is 0. The third kappa shape index (κ3) is 5.84. The van der Waals surface area contributed by atoms with Crippen molar-refractivity contribution in [3.63, 3.8) is 0 Å². The van der Waals surface area contributed by atoms with Gasteiger partial charge in [-0.3, -0.25) is 0 Å². The van der Waals surface area contributed by atoms with Crippen molar-refractivity contribution >= 4 is 0 Å². The first-order valence-electron chi connectivity index (χ1n) is 5.48. The Morgan fingerprint density at radius 1 is 1.21 bits per heavy atom. The van der Waals surface area contributed by atoms with Crippen LogP contribution in [0.4, 0.5) is 0 Å². The van der Waals surface area contributed by atoms with Crippen molar-refractivity contribution in [2.24, 2.45) is 5.11 Å². The minimum atomic E-state index is -0.461. The highest BCUT2D eigenvalue weighted by atomic mass is 16.3. The molecular formula is C10H21N3O. The van der Waals surface area contributed by atoms with Crippen LogP contribution in [0, 0.1) is 0 Å². The van der Waals surface area contributed by atoms with Crippen molar-refractivity contribution in [1.82, 2.24) is 0 Å². The molecule has 82 valence electrons. The van der Waals surface area contributed by atoms with Gasteiger partial charge in [0.1, 0.15) is 0 Å². The van der Waals surface area contributed by atoms with Crippen LogP contribution in [0.3, 0.4) is 0 Å². The molecule has 0 heterocycles. The van der Waals surface area contributed by atoms with Gasteiger partial charge in [-0.05, 0) is 18.4 Å². The second-order valence-electron chi connectivity index (χ2n) is 3.62. The molecule has 4 nitrogen and oxygen atoms in total. The Bertz CT molecular complexity index is 178. The molecule has 0 fully saturated rings. The summed E-state index contributed by atoms with van der Waals surface area (Å²) in [4.78, 5) is 2.78. The Labute approximate surface area is 86.0 Å². The molecule has 0 radical (unpaired) electrons. The Hall–Kier alpha value is -0.730. The number of azide groups is 1. The molecule has 0 aromatic heterocycles. The predicted molar refractivity (Wildman–Crippen MR) is 58.0 cm³/mol. The van der Waals surface area contributed by atoms with E-state index in [1.54, 1.807) is 0 Å². The minimum absolute atomic E-state index is 0.230. The molecule has 0 aliphatic heterocycles. The highest BCUT2D eigenvalue weighted by Gasteiger charge is 2.16. The van der Waals surface area contributed by atoms with Crippen molar-refractivity contribution in [3.05, 3.63) is 10.4 Å². The second kappa shape index (κ2) is 8.85. The Balaban J connectivity index is 3.96. The van der Waals surface area contributed by atoms with Gasteiger partial charge in [0.25, 0.3) is 0 Å². The van der Waals surface area contributed by atoms with Gasteiger partial charge in [-0.25, -0.2) is 0 Å². The molecule has 0 saturated carbocycles. The van der Waals surface area contributed by atoms with Gasteiger partial charge in [0.2, 0.25) is 0 Å². The van der Waals surface area contributed by atoms with Gasteiger partial charge in [0.15, 0.2) is 0 Å². The van der Waals surface area contributed by atoms with Gasteiger partial charge in [-0.15, -0.1) is 0 Å². The fraction of sp³-hybridized carbons (Fsp3) is 1.00. The van der Waals surface area contributed by atoms with Crippen molar-refractivity contribution in [2.75, 3.05) is 0 Å².